The smallest absolute Gasteiger partial charge is 0.306 e. The number of hydrogen-bond acceptors (Lipinski definition) is 6. The van der Waals surface area contributed by atoms with Crippen molar-refractivity contribution in [3.8, 4) is 0 Å². The van der Waals surface area contributed by atoms with Crippen LogP contribution in [0.1, 0.15) is 284 Å². The predicted molar refractivity (Wildman–Crippen MR) is 284 cm³/mol. The van der Waals surface area contributed by atoms with Crippen LogP contribution < -0.4 is 0 Å². The summed E-state index contributed by atoms with van der Waals surface area (Å²) in [5.74, 6) is -0.906. The number of ether oxygens (including phenoxy) is 3. The second-order valence-electron chi connectivity index (χ2n) is 18.8. The van der Waals surface area contributed by atoms with Crippen molar-refractivity contribution in [3.05, 3.63) is 60.8 Å². The van der Waals surface area contributed by atoms with Gasteiger partial charge in [-0.2, -0.15) is 0 Å². The van der Waals surface area contributed by atoms with Crippen molar-refractivity contribution < 1.29 is 28.6 Å². The Morgan fingerprint density at radius 3 is 0.909 bits per heavy atom. The molecule has 6 heteroatoms. The van der Waals surface area contributed by atoms with Crippen LogP contribution in [0.15, 0.2) is 60.8 Å². The lowest BCUT2D eigenvalue weighted by Crippen LogP contribution is -2.30. The summed E-state index contributed by atoms with van der Waals surface area (Å²) in [6.07, 6.45) is 67.7. The van der Waals surface area contributed by atoms with Crippen molar-refractivity contribution >= 4 is 17.9 Å². The molecule has 6 nitrogen and oxygen atoms in total. The second-order valence-corrected chi connectivity index (χ2v) is 18.8. The van der Waals surface area contributed by atoms with Gasteiger partial charge in [0.1, 0.15) is 13.2 Å². The summed E-state index contributed by atoms with van der Waals surface area (Å²) < 4.78 is 16.8. The molecule has 0 rings (SSSR count). The van der Waals surface area contributed by atoms with Crippen LogP contribution in [0, 0.1) is 0 Å². The van der Waals surface area contributed by atoms with E-state index in [0.29, 0.717) is 19.3 Å². The quantitative estimate of drug-likeness (QED) is 0.0262. The molecule has 0 aromatic carbocycles. The summed E-state index contributed by atoms with van der Waals surface area (Å²) in [4.78, 5) is 38.1. The predicted octanol–water partition coefficient (Wildman–Crippen LogP) is 18.8. The van der Waals surface area contributed by atoms with Gasteiger partial charge in [0, 0.05) is 19.3 Å². The highest BCUT2D eigenvalue weighted by Gasteiger charge is 2.19. The Morgan fingerprint density at radius 2 is 0.545 bits per heavy atom. The molecular formula is C60H106O6. The minimum atomic E-state index is -0.787. The summed E-state index contributed by atoms with van der Waals surface area (Å²) in [5, 5.41) is 0. The standard InChI is InChI=1S/C60H106O6/c1-4-7-10-13-16-19-22-25-27-29-30-31-33-35-38-41-44-47-50-53-59(62)65-56-57(55-64-58(61)52-49-46-43-40-37-34-24-21-18-15-12-9-6-3)66-60(63)54-51-48-45-42-39-36-32-28-26-23-20-17-14-11-8-5-2/h16,19,21,24-25,27-28,30-32,57H,4-15,17-18,20,22-23,26,29,33-56H2,1-3H3/b19-16-,24-21-,27-25-,31-30-,32-28-. The highest BCUT2D eigenvalue weighted by atomic mass is 16.6. The van der Waals surface area contributed by atoms with Gasteiger partial charge in [-0.3, -0.25) is 14.4 Å². The minimum Gasteiger partial charge on any atom is -0.462 e. The maximum Gasteiger partial charge on any atom is 0.306 e. The van der Waals surface area contributed by atoms with Crippen molar-refractivity contribution in [2.45, 2.75) is 290 Å². The van der Waals surface area contributed by atoms with Crippen LogP contribution in [0.25, 0.3) is 0 Å². The van der Waals surface area contributed by atoms with Crippen LogP contribution >= 0.6 is 0 Å². The zero-order chi connectivity index (χ0) is 47.9. The Bertz CT molecular complexity index is 1200. The van der Waals surface area contributed by atoms with Gasteiger partial charge in [0.15, 0.2) is 6.10 Å². The number of unbranched alkanes of at least 4 members (excludes halogenated alkanes) is 30. The van der Waals surface area contributed by atoms with Crippen LogP contribution in [0.5, 0.6) is 0 Å². The summed E-state index contributed by atoms with van der Waals surface area (Å²) in [6, 6.07) is 0. The van der Waals surface area contributed by atoms with Crippen molar-refractivity contribution in [1.82, 2.24) is 0 Å². The molecule has 1 unspecified atom stereocenters. The zero-order valence-corrected chi connectivity index (χ0v) is 43.7. The normalized spacial score (nSPS) is 12.5. The maximum atomic E-state index is 12.8. The van der Waals surface area contributed by atoms with E-state index in [0.717, 1.165) is 96.3 Å². The number of carbonyl (C=O) groups excluding carboxylic acids is 3. The SMILES string of the molecule is CCCCC/C=C\C/C=C\C/C=C\CCCCCCCCC(=O)OCC(COC(=O)CCCCCCC/C=C\CCCCCC)OC(=O)CCCCCCC/C=C\CCCCCCCCC. The number of rotatable bonds is 51. The number of hydrogen-bond donors (Lipinski definition) is 0. The lowest BCUT2D eigenvalue weighted by Gasteiger charge is -2.18. The molecule has 0 fully saturated rings. The highest BCUT2D eigenvalue weighted by molar-refractivity contribution is 5.71. The van der Waals surface area contributed by atoms with E-state index in [1.165, 1.54) is 148 Å². The summed E-state index contributed by atoms with van der Waals surface area (Å²) in [6.45, 7) is 6.59. The molecule has 0 amide bonds. The van der Waals surface area contributed by atoms with Crippen LogP contribution in [-0.4, -0.2) is 37.2 Å². The molecule has 0 aromatic rings. The second kappa shape index (κ2) is 54.7. The molecule has 66 heavy (non-hydrogen) atoms. The van der Waals surface area contributed by atoms with Gasteiger partial charge < -0.3 is 14.2 Å². The Labute approximate surface area is 409 Å². The van der Waals surface area contributed by atoms with E-state index < -0.39 is 6.10 Å². The summed E-state index contributed by atoms with van der Waals surface area (Å²) >= 11 is 0. The molecule has 1 atom stereocenters. The third-order valence-corrected chi connectivity index (χ3v) is 12.2. The average molecular weight is 924 g/mol. The molecule has 0 aliphatic carbocycles. The first-order valence-electron chi connectivity index (χ1n) is 28.3. The fraction of sp³-hybridized carbons (Fsp3) is 0.783. The van der Waals surface area contributed by atoms with Gasteiger partial charge in [-0.15, -0.1) is 0 Å². The fourth-order valence-electron chi connectivity index (χ4n) is 7.91. The van der Waals surface area contributed by atoms with E-state index in [9.17, 15) is 14.4 Å². The molecule has 382 valence electrons. The van der Waals surface area contributed by atoms with Crippen LogP contribution in [0.3, 0.4) is 0 Å². The average Bonchev–Trinajstić information content (AvgIpc) is 3.31. The Balaban J connectivity index is 4.40. The largest absolute Gasteiger partial charge is 0.462 e. The van der Waals surface area contributed by atoms with E-state index in [1.54, 1.807) is 0 Å². The molecule has 0 aromatic heterocycles. The molecule has 0 saturated heterocycles. The lowest BCUT2D eigenvalue weighted by molar-refractivity contribution is -0.167. The molecule has 0 N–H and O–H groups in total. The van der Waals surface area contributed by atoms with Crippen LogP contribution in [-0.2, 0) is 28.6 Å². The monoisotopic (exact) mass is 923 g/mol. The Hall–Kier alpha value is -2.89. The maximum absolute atomic E-state index is 12.8. The van der Waals surface area contributed by atoms with E-state index in [2.05, 4.69) is 81.5 Å². The third-order valence-electron chi connectivity index (χ3n) is 12.2. The van der Waals surface area contributed by atoms with Gasteiger partial charge in [-0.05, 0) is 109 Å². The first-order valence-corrected chi connectivity index (χ1v) is 28.3. The van der Waals surface area contributed by atoms with Gasteiger partial charge >= 0.3 is 17.9 Å². The fourth-order valence-corrected chi connectivity index (χ4v) is 7.91. The number of esters is 3. The van der Waals surface area contributed by atoms with Gasteiger partial charge in [-0.1, -0.05) is 216 Å². The van der Waals surface area contributed by atoms with Gasteiger partial charge in [-0.25, -0.2) is 0 Å². The van der Waals surface area contributed by atoms with E-state index in [-0.39, 0.29) is 31.1 Å². The van der Waals surface area contributed by atoms with E-state index >= 15 is 0 Å². The first kappa shape index (κ1) is 63.1. The molecule has 0 spiro atoms. The zero-order valence-electron chi connectivity index (χ0n) is 43.7. The highest BCUT2D eigenvalue weighted by Crippen LogP contribution is 2.14. The topological polar surface area (TPSA) is 78.9 Å². The van der Waals surface area contributed by atoms with Crippen molar-refractivity contribution in [3.63, 3.8) is 0 Å². The Kier molecular flexibility index (Phi) is 52.3. The van der Waals surface area contributed by atoms with Gasteiger partial charge in [0.2, 0.25) is 0 Å². The van der Waals surface area contributed by atoms with Crippen LogP contribution in [0.4, 0.5) is 0 Å². The van der Waals surface area contributed by atoms with Gasteiger partial charge in [0.05, 0.1) is 0 Å². The number of allylic oxidation sites excluding steroid dienone is 10. The van der Waals surface area contributed by atoms with Crippen molar-refractivity contribution in [2.24, 2.45) is 0 Å². The molecule has 0 aliphatic heterocycles. The minimum absolute atomic E-state index is 0.0855. The van der Waals surface area contributed by atoms with E-state index in [4.69, 9.17) is 14.2 Å². The van der Waals surface area contributed by atoms with Gasteiger partial charge in [0.25, 0.3) is 0 Å². The summed E-state index contributed by atoms with van der Waals surface area (Å²) in [7, 11) is 0. The molecule has 0 heterocycles. The molecule has 0 aliphatic rings. The lowest BCUT2D eigenvalue weighted by atomic mass is 10.1. The van der Waals surface area contributed by atoms with Crippen molar-refractivity contribution in [1.29, 1.82) is 0 Å². The Morgan fingerprint density at radius 1 is 0.303 bits per heavy atom. The third kappa shape index (κ3) is 52.1. The molecular weight excluding hydrogens is 817 g/mol. The molecule has 0 bridgehead atoms. The van der Waals surface area contributed by atoms with Crippen molar-refractivity contribution in [2.75, 3.05) is 13.2 Å². The summed E-state index contributed by atoms with van der Waals surface area (Å²) in [5.41, 5.74) is 0. The van der Waals surface area contributed by atoms with Crippen LogP contribution in [0.2, 0.25) is 0 Å². The molecule has 0 radical (unpaired) electrons. The number of carbonyl (C=O) groups is 3. The first-order chi connectivity index (χ1) is 32.5. The van der Waals surface area contributed by atoms with E-state index in [1.807, 2.05) is 0 Å². The molecule has 0 saturated carbocycles.